The molecule has 2 aromatic heterocycles. The van der Waals surface area contributed by atoms with E-state index in [2.05, 4.69) is 59.5 Å². The van der Waals surface area contributed by atoms with Gasteiger partial charge in [0.1, 0.15) is 11.3 Å². The Hall–Kier alpha value is -2.97. The maximum atomic E-state index is 12.6. The zero-order valence-corrected chi connectivity index (χ0v) is 21.7. The Morgan fingerprint density at radius 1 is 1.06 bits per heavy atom. The minimum Gasteiger partial charge on any atom is -0.382 e. The average molecular weight is 491 g/mol. The summed E-state index contributed by atoms with van der Waals surface area (Å²) < 4.78 is 7.61. The van der Waals surface area contributed by atoms with Gasteiger partial charge in [0, 0.05) is 42.9 Å². The Balaban J connectivity index is 1.16. The summed E-state index contributed by atoms with van der Waals surface area (Å²) >= 11 is 0. The molecule has 0 atom stereocenters. The predicted molar refractivity (Wildman–Crippen MR) is 142 cm³/mol. The van der Waals surface area contributed by atoms with E-state index in [1.807, 2.05) is 11.9 Å². The van der Waals surface area contributed by atoms with Crippen molar-refractivity contribution in [1.29, 1.82) is 0 Å². The quantitative estimate of drug-likeness (QED) is 0.521. The smallest absolute Gasteiger partial charge is 0.237 e. The normalized spacial score (nSPS) is 21.0. The molecule has 0 spiro atoms. The number of nitrogens with zero attached hydrogens (tertiary/aromatic N) is 4. The minimum absolute atomic E-state index is 0.104. The number of rotatable bonds is 7. The van der Waals surface area contributed by atoms with Gasteiger partial charge in [-0.1, -0.05) is 19.1 Å². The summed E-state index contributed by atoms with van der Waals surface area (Å²) in [6.45, 7) is 9.97. The fourth-order valence-corrected chi connectivity index (χ4v) is 5.43. The summed E-state index contributed by atoms with van der Waals surface area (Å²) in [7, 11) is 0. The molecular formula is C28H38N6O2. The van der Waals surface area contributed by atoms with Gasteiger partial charge in [-0.15, -0.1) is 0 Å². The number of ether oxygens (including phenoxy) is 1. The molecule has 1 aliphatic heterocycles. The van der Waals surface area contributed by atoms with Crippen LogP contribution < -0.4 is 10.7 Å². The third kappa shape index (κ3) is 5.55. The second-order valence-electron chi connectivity index (χ2n) is 10.2. The molecule has 0 radical (unpaired) electrons. The number of hydrogen-bond acceptors (Lipinski definition) is 6. The lowest BCUT2D eigenvalue weighted by Gasteiger charge is -2.32. The van der Waals surface area contributed by atoms with Crippen LogP contribution in [-0.2, 0) is 22.5 Å². The van der Waals surface area contributed by atoms with Gasteiger partial charge < -0.3 is 14.6 Å². The summed E-state index contributed by atoms with van der Waals surface area (Å²) in [6, 6.07) is 11.2. The van der Waals surface area contributed by atoms with Crippen LogP contribution in [0.5, 0.6) is 0 Å². The third-order valence-corrected chi connectivity index (χ3v) is 7.46. The van der Waals surface area contributed by atoms with Crippen molar-refractivity contribution in [3.8, 4) is 0 Å². The highest BCUT2D eigenvalue weighted by Crippen LogP contribution is 2.27. The number of aromatic nitrogens is 3. The van der Waals surface area contributed by atoms with E-state index in [9.17, 15) is 4.79 Å². The molecule has 8 nitrogen and oxygen atoms in total. The van der Waals surface area contributed by atoms with Gasteiger partial charge in [0.15, 0.2) is 5.65 Å². The number of carbonyl (C=O) groups is 1. The summed E-state index contributed by atoms with van der Waals surface area (Å²) in [5, 5.41) is 5.68. The Kier molecular flexibility index (Phi) is 7.53. The number of pyridine rings is 1. The van der Waals surface area contributed by atoms with E-state index in [0.29, 0.717) is 19.3 Å². The van der Waals surface area contributed by atoms with Crippen molar-refractivity contribution in [3.63, 3.8) is 0 Å². The van der Waals surface area contributed by atoms with Gasteiger partial charge in [-0.3, -0.25) is 10.2 Å². The molecule has 1 aromatic carbocycles. The van der Waals surface area contributed by atoms with Crippen LogP contribution in [0.2, 0.25) is 0 Å². The molecule has 1 saturated heterocycles. The van der Waals surface area contributed by atoms with Gasteiger partial charge in [-0.25, -0.2) is 15.0 Å². The van der Waals surface area contributed by atoms with E-state index in [1.54, 1.807) is 0 Å². The number of benzene rings is 1. The molecule has 3 aromatic rings. The number of anilines is 1. The summed E-state index contributed by atoms with van der Waals surface area (Å²) in [5.74, 6) is 1.34. The number of morpholine rings is 1. The van der Waals surface area contributed by atoms with Crippen LogP contribution >= 0.6 is 0 Å². The highest BCUT2D eigenvalue weighted by atomic mass is 16.5. The monoisotopic (exact) mass is 490 g/mol. The Bertz CT molecular complexity index is 1190. The maximum absolute atomic E-state index is 12.6. The molecule has 1 aliphatic carbocycles. The number of nitrogens with one attached hydrogen (secondary N) is 2. The molecular weight excluding hydrogens is 452 g/mol. The van der Waals surface area contributed by atoms with E-state index in [-0.39, 0.29) is 11.8 Å². The zero-order chi connectivity index (χ0) is 25.1. The second kappa shape index (κ2) is 11.0. The number of amides is 1. The number of aryl methyl sites for hydroxylation is 3. The number of fused-ring (bicyclic) bond motifs is 1. The molecule has 0 unspecified atom stereocenters. The molecule has 3 heterocycles. The van der Waals surface area contributed by atoms with Crippen LogP contribution in [0.4, 0.5) is 5.69 Å². The first-order valence-corrected chi connectivity index (χ1v) is 13.3. The van der Waals surface area contributed by atoms with E-state index >= 15 is 0 Å². The number of hydrogen-bond donors (Lipinski definition) is 2. The molecule has 0 bridgehead atoms. The molecule has 2 fully saturated rings. The summed E-state index contributed by atoms with van der Waals surface area (Å²) in [6.07, 6.45) is 4.74. The largest absolute Gasteiger partial charge is 0.382 e. The van der Waals surface area contributed by atoms with Crippen LogP contribution in [-0.4, -0.2) is 57.8 Å². The third-order valence-electron chi connectivity index (χ3n) is 7.46. The number of hydrazine groups is 1. The Morgan fingerprint density at radius 2 is 1.78 bits per heavy atom. The van der Waals surface area contributed by atoms with Gasteiger partial charge in [-0.05, 0) is 68.9 Å². The molecule has 5 rings (SSSR count). The van der Waals surface area contributed by atoms with Crippen LogP contribution in [0, 0.1) is 19.8 Å². The minimum atomic E-state index is 0.104. The lowest BCUT2D eigenvalue weighted by Crippen LogP contribution is -2.50. The van der Waals surface area contributed by atoms with Gasteiger partial charge in [-0.2, -0.15) is 0 Å². The molecule has 8 heteroatoms. The van der Waals surface area contributed by atoms with Crippen molar-refractivity contribution < 1.29 is 9.53 Å². The summed E-state index contributed by atoms with van der Waals surface area (Å²) in [4.78, 5) is 22.3. The number of imidazole rings is 1. The van der Waals surface area contributed by atoms with Crippen molar-refractivity contribution in [1.82, 2.24) is 25.0 Å². The first-order valence-electron chi connectivity index (χ1n) is 13.3. The van der Waals surface area contributed by atoms with Gasteiger partial charge >= 0.3 is 0 Å². The number of carbonyl (C=O) groups excluding carboxylic acids is 1. The van der Waals surface area contributed by atoms with E-state index in [1.165, 1.54) is 11.1 Å². The SMILES string of the molecule is CCc1nc2c(C)cc(C)nc2n1Cc1ccc(NC2CCC(C(=O)NN3CCOCC3)CC2)cc1. The van der Waals surface area contributed by atoms with Gasteiger partial charge in [0.05, 0.1) is 19.8 Å². The highest BCUT2D eigenvalue weighted by Gasteiger charge is 2.27. The fraction of sp³-hybridized carbons (Fsp3) is 0.536. The molecule has 36 heavy (non-hydrogen) atoms. The molecule has 2 aliphatic rings. The van der Waals surface area contributed by atoms with Crippen molar-refractivity contribution in [2.24, 2.45) is 5.92 Å². The van der Waals surface area contributed by atoms with Crippen LogP contribution in [0.3, 0.4) is 0 Å². The van der Waals surface area contributed by atoms with Crippen molar-refractivity contribution >= 4 is 22.8 Å². The highest BCUT2D eigenvalue weighted by molar-refractivity contribution is 5.78. The first-order chi connectivity index (χ1) is 17.5. The van der Waals surface area contributed by atoms with Crippen molar-refractivity contribution in [2.45, 2.75) is 65.5 Å². The first kappa shape index (κ1) is 24.7. The van der Waals surface area contributed by atoms with Crippen LogP contribution in [0.15, 0.2) is 30.3 Å². The Labute approximate surface area is 213 Å². The van der Waals surface area contributed by atoms with Crippen molar-refractivity contribution in [2.75, 3.05) is 31.6 Å². The molecule has 1 amide bonds. The van der Waals surface area contributed by atoms with Crippen LogP contribution in [0.1, 0.15) is 55.3 Å². The summed E-state index contributed by atoms with van der Waals surface area (Å²) in [5.41, 5.74) is 9.64. The lowest BCUT2D eigenvalue weighted by atomic mass is 9.85. The van der Waals surface area contributed by atoms with Crippen molar-refractivity contribution in [3.05, 3.63) is 53.0 Å². The topological polar surface area (TPSA) is 84.3 Å². The van der Waals surface area contributed by atoms with Gasteiger partial charge in [0.25, 0.3) is 0 Å². The van der Waals surface area contributed by atoms with Crippen LogP contribution in [0.25, 0.3) is 11.2 Å². The molecule has 192 valence electrons. The zero-order valence-electron chi connectivity index (χ0n) is 21.7. The van der Waals surface area contributed by atoms with E-state index < -0.39 is 0 Å². The van der Waals surface area contributed by atoms with E-state index in [4.69, 9.17) is 14.7 Å². The standard InChI is InChI=1S/C28H38N6O2/c1-4-25-31-26-19(2)17-20(3)29-27(26)34(25)18-21-5-9-23(10-6-21)30-24-11-7-22(8-12-24)28(35)32-33-13-15-36-16-14-33/h5-6,9-10,17,22,24,30H,4,7-8,11-16,18H2,1-3H3,(H,32,35). The second-order valence-corrected chi connectivity index (χ2v) is 10.2. The Morgan fingerprint density at radius 3 is 2.47 bits per heavy atom. The fourth-order valence-electron chi connectivity index (χ4n) is 5.43. The predicted octanol–water partition coefficient (Wildman–Crippen LogP) is 3.99. The molecule has 1 saturated carbocycles. The van der Waals surface area contributed by atoms with E-state index in [0.717, 1.165) is 80.1 Å². The van der Waals surface area contributed by atoms with Gasteiger partial charge in [0.2, 0.25) is 5.91 Å². The average Bonchev–Trinajstić information content (AvgIpc) is 3.24. The maximum Gasteiger partial charge on any atom is 0.237 e. The lowest BCUT2D eigenvalue weighted by molar-refractivity contribution is -0.133. The molecule has 2 N–H and O–H groups in total.